The number of halogens is 1. The molecule has 2 aromatic carbocycles. The zero-order valence-corrected chi connectivity index (χ0v) is 16.0. The van der Waals surface area contributed by atoms with Crippen molar-refractivity contribution in [2.75, 3.05) is 13.2 Å². The highest BCUT2D eigenvalue weighted by atomic mass is 19.1. The standard InChI is InChI=1S/C22H23FN2O3/c1-14-4-5-17-12-18(21(27)24-20(17)15(14)2)13-25(10-3-11-26)22(28)16-6-8-19(23)9-7-16/h4-9,12,26H,3,10-11,13H2,1-2H3,(H,24,27). The molecule has 0 bridgehead atoms. The summed E-state index contributed by atoms with van der Waals surface area (Å²) in [5.74, 6) is -0.733. The third-order valence-electron chi connectivity index (χ3n) is 4.95. The van der Waals surface area contributed by atoms with Crippen LogP contribution in [0.25, 0.3) is 10.9 Å². The van der Waals surface area contributed by atoms with Crippen LogP contribution in [-0.2, 0) is 6.54 Å². The number of pyridine rings is 1. The van der Waals surface area contributed by atoms with Gasteiger partial charge in [0, 0.05) is 24.3 Å². The quantitative estimate of drug-likeness (QED) is 0.687. The van der Waals surface area contributed by atoms with Gasteiger partial charge in [-0.3, -0.25) is 9.59 Å². The monoisotopic (exact) mass is 382 g/mol. The summed E-state index contributed by atoms with van der Waals surface area (Å²) >= 11 is 0. The number of nitrogens with zero attached hydrogens (tertiary/aromatic N) is 1. The maximum Gasteiger partial charge on any atom is 0.254 e. The first-order chi connectivity index (χ1) is 13.4. The molecule has 2 N–H and O–H groups in total. The number of aliphatic hydroxyl groups is 1. The van der Waals surface area contributed by atoms with Gasteiger partial charge in [-0.25, -0.2) is 4.39 Å². The molecule has 0 radical (unpaired) electrons. The predicted molar refractivity (Wildman–Crippen MR) is 107 cm³/mol. The first kappa shape index (κ1) is 19.8. The fraction of sp³-hybridized carbons (Fsp3) is 0.273. The van der Waals surface area contributed by atoms with Gasteiger partial charge in [0.15, 0.2) is 0 Å². The summed E-state index contributed by atoms with van der Waals surface area (Å²) < 4.78 is 13.2. The number of fused-ring (bicyclic) bond motifs is 1. The highest BCUT2D eigenvalue weighted by Crippen LogP contribution is 2.20. The molecule has 1 heterocycles. The minimum absolute atomic E-state index is 0.0697. The Balaban J connectivity index is 1.95. The minimum Gasteiger partial charge on any atom is -0.396 e. The van der Waals surface area contributed by atoms with Gasteiger partial charge in [-0.2, -0.15) is 0 Å². The maximum atomic E-state index is 13.2. The van der Waals surface area contributed by atoms with Crippen LogP contribution in [0.1, 0.15) is 33.5 Å². The molecule has 0 aliphatic carbocycles. The molecule has 0 atom stereocenters. The lowest BCUT2D eigenvalue weighted by Crippen LogP contribution is -2.34. The van der Waals surface area contributed by atoms with Gasteiger partial charge in [-0.05, 0) is 67.1 Å². The van der Waals surface area contributed by atoms with Crippen LogP contribution < -0.4 is 5.56 Å². The number of carbonyl (C=O) groups excluding carboxylic acids is 1. The van der Waals surface area contributed by atoms with Gasteiger partial charge >= 0.3 is 0 Å². The third kappa shape index (κ3) is 4.12. The number of amides is 1. The van der Waals surface area contributed by atoms with Crippen molar-refractivity contribution in [2.24, 2.45) is 0 Å². The highest BCUT2D eigenvalue weighted by Gasteiger charge is 2.18. The van der Waals surface area contributed by atoms with Crippen LogP contribution in [0.5, 0.6) is 0 Å². The number of nitrogens with one attached hydrogen (secondary N) is 1. The lowest BCUT2D eigenvalue weighted by Gasteiger charge is -2.22. The van der Waals surface area contributed by atoms with Gasteiger partial charge < -0.3 is 15.0 Å². The number of aliphatic hydroxyl groups excluding tert-OH is 1. The number of rotatable bonds is 6. The topological polar surface area (TPSA) is 73.4 Å². The highest BCUT2D eigenvalue weighted by molar-refractivity contribution is 5.94. The SMILES string of the molecule is Cc1ccc2cc(CN(CCCO)C(=O)c3ccc(F)cc3)c(=O)[nH]c2c1C. The third-order valence-corrected chi connectivity index (χ3v) is 4.95. The Bertz CT molecular complexity index is 1060. The molecule has 146 valence electrons. The molecule has 0 aliphatic heterocycles. The second kappa shape index (κ2) is 8.35. The molecule has 0 aliphatic rings. The van der Waals surface area contributed by atoms with Crippen LogP contribution in [0, 0.1) is 19.7 Å². The summed E-state index contributed by atoms with van der Waals surface area (Å²) in [6, 6.07) is 11.0. The molecule has 0 spiro atoms. The first-order valence-electron chi connectivity index (χ1n) is 9.18. The van der Waals surface area contributed by atoms with E-state index < -0.39 is 5.82 Å². The smallest absolute Gasteiger partial charge is 0.254 e. The fourth-order valence-electron chi connectivity index (χ4n) is 3.18. The van der Waals surface area contributed by atoms with E-state index in [2.05, 4.69) is 4.98 Å². The fourth-order valence-corrected chi connectivity index (χ4v) is 3.18. The number of benzene rings is 2. The second-order valence-corrected chi connectivity index (χ2v) is 6.91. The van der Waals surface area contributed by atoms with Gasteiger partial charge in [-0.1, -0.05) is 12.1 Å². The Labute approximate surface area is 162 Å². The van der Waals surface area contributed by atoms with E-state index in [0.717, 1.165) is 22.0 Å². The lowest BCUT2D eigenvalue weighted by molar-refractivity contribution is 0.0731. The van der Waals surface area contributed by atoms with Crippen molar-refractivity contribution in [1.29, 1.82) is 0 Å². The van der Waals surface area contributed by atoms with E-state index in [0.29, 0.717) is 17.5 Å². The van der Waals surface area contributed by atoms with Gasteiger partial charge in [0.1, 0.15) is 5.82 Å². The number of aryl methyl sites for hydroxylation is 2. The number of aromatic amines is 1. The average molecular weight is 382 g/mol. The Morgan fingerprint density at radius 1 is 1.14 bits per heavy atom. The molecule has 3 aromatic rings. The summed E-state index contributed by atoms with van der Waals surface area (Å²) in [7, 11) is 0. The molecule has 1 amide bonds. The van der Waals surface area contributed by atoms with Crippen LogP contribution in [0.3, 0.4) is 0 Å². The van der Waals surface area contributed by atoms with Gasteiger partial charge in [0.2, 0.25) is 0 Å². The van der Waals surface area contributed by atoms with E-state index in [4.69, 9.17) is 5.11 Å². The lowest BCUT2D eigenvalue weighted by atomic mass is 10.0. The Morgan fingerprint density at radius 2 is 1.86 bits per heavy atom. The van der Waals surface area contributed by atoms with Crippen LogP contribution >= 0.6 is 0 Å². The maximum absolute atomic E-state index is 13.2. The Hall–Kier alpha value is -2.99. The molecule has 0 saturated carbocycles. The molecule has 0 fully saturated rings. The van der Waals surface area contributed by atoms with Crippen molar-refractivity contribution in [2.45, 2.75) is 26.8 Å². The van der Waals surface area contributed by atoms with Crippen LogP contribution in [0.15, 0.2) is 47.3 Å². The average Bonchev–Trinajstić information content (AvgIpc) is 2.69. The summed E-state index contributed by atoms with van der Waals surface area (Å²) in [6.45, 7) is 4.27. The number of H-pyrrole nitrogens is 1. The van der Waals surface area contributed by atoms with Crippen LogP contribution in [0.2, 0.25) is 0 Å². The molecule has 28 heavy (non-hydrogen) atoms. The molecular formula is C22H23FN2O3. The zero-order chi connectivity index (χ0) is 20.3. The summed E-state index contributed by atoms with van der Waals surface area (Å²) in [4.78, 5) is 29.9. The van der Waals surface area contributed by atoms with Gasteiger partial charge in [0.25, 0.3) is 11.5 Å². The Morgan fingerprint density at radius 3 is 2.54 bits per heavy atom. The summed E-state index contributed by atoms with van der Waals surface area (Å²) in [5, 5.41) is 10.1. The predicted octanol–water partition coefficient (Wildman–Crippen LogP) is 3.31. The van der Waals surface area contributed by atoms with Gasteiger partial charge in [0.05, 0.1) is 12.1 Å². The minimum atomic E-state index is -0.421. The largest absolute Gasteiger partial charge is 0.396 e. The van der Waals surface area contributed by atoms with Crippen LogP contribution in [-0.4, -0.2) is 34.0 Å². The first-order valence-corrected chi connectivity index (χ1v) is 9.18. The number of carbonyl (C=O) groups is 1. The second-order valence-electron chi connectivity index (χ2n) is 6.91. The summed E-state index contributed by atoms with van der Waals surface area (Å²) in [5.41, 5.74) is 3.45. The Kier molecular flexibility index (Phi) is 5.90. The number of hydrogen-bond donors (Lipinski definition) is 2. The zero-order valence-electron chi connectivity index (χ0n) is 16.0. The summed E-state index contributed by atoms with van der Waals surface area (Å²) in [6.07, 6.45) is 0.386. The van der Waals surface area contributed by atoms with E-state index in [1.807, 2.05) is 26.0 Å². The van der Waals surface area contributed by atoms with Gasteiger partial charge in [-0.15, -0.1) is 0 Å². The van der Waals surface area contributed by atoms with Crippen molar-refractivity contribution < 1.29 is 14.3 Å². The van der Waals surface area contributed by atoms with Crippen LogP contribution in [0.4, 0.5) is 4.39 Å². The van der Waals surface area contributed by atoms with Crippen molar-refractivity contribution in [3.8, 4) is 0 Å². The normalized spacial score (nSPS) is 11.0. The molecule has 1 aromatic heterocycles. The molecule has 5 nitrogen and oxygen atoms in total. The van der Waals surface area contributed by atoms with E-state index in [1.165, 1.54) is 29.2 Å². The number of aromatic nitrogens is 1. The van der Waals surface area contributed by atoms with E-state index in [1.54, 1.807) is 6.07 Å². The molecular weight excluding hydrogens is 359 g/mol. The van der Waals surface area contributed by atoms with Crippen molar-refractivity contribution >= 4 is 16.8 Å². The number of hydrogen-bond acceptors (Lipinski definition) is 3. The van der Waals surface area contributed by atoms with Crippen molar-refractivity contribution in [3.05, 3.63) is 80.9 Å². The molecule has 0 saturated heterocycles. The van der Waals surface area contributed by atoms with E-state index in [-0.39, 0.29) is 31.2 Å². The van der Waals surface area contributed by atoms with E-state index >= 15 is 0 Å². The molecule has 0 unspecified atom stereocenters. The van der Waals surface area contributed by atoms with Crippen molar-refractivity contribution in [3.63, 3.8) is 0 Å². The van der Waals surface area contributed by atoms with E-state index in [9.17, 15) is 14.0 Å². The molecule has 3 rings (SSSR count). The van der Waals surface area contributed by atoms with Crippen molar-refractivity contribution in [1.82, 2.24) is 9.88 Å². The molecule has 6 heteroatoms.